The second-order valence-electron chi connectivity index (χ2n) is 4.63. The van der Waals surface area contributed by atoms with Crippen molar-refractivity contribution in [1.82, 2.24) is 5.32 Å². The standard InChI is InChI=1S/C15H15Cl2NO4S/c1-3-6-18-10(19)7-22-15(20)14-11(16)8-4-5-9(21-2)12(17)13(8)23-14/h4-5H,3,6-7H2,1-2H3,(H,18,19). The first-order valence-corrected chi connectivity index (χ1v) is 8.45. The molecule has 2 rings (SSSR count). The van der Waals surface area contributed by atoms with Gasteiger partial charge in [0.1, 0.15) is 15.6 Å². The van der Waals surface area contributed by atoms with Gasteiger partial charge in [-0.1, -0.05) is 30.1 Å². The van der Waals surface area contributed by atoms with Crippen molar-refractivity contribution in [3.05, 3.63) is 27.1 Å². The van der Waals surface area contributed by atoms with Crippen LogP contribution in [0, 0.1) is 0 Å². The number of hydrogen-bond acceptors (Lipinski definition) is 5. The zero-order valence-electron chi connectivity index (χ0n) is 12.6. The van der Waals surface area contributed by atoms with Crippen LogP contribution in [-0.2, 0) is 9.53 Å². The summed E-state index contributed by atoms with van der Waals surface area (Å²) in [5, 5.41) is 3.91. The monoisotopic (exact) mass is 375 g/mol. The Morgan fingerprint density at radius 1 is 1.26 bits per heavy atom. The topological polar surface area (TPSA) is 64.6 Å². The molecule has 124 valence electrons. The van der Waals surface area contributed by atoms with Crippen molar-refractivity contribution in [3.63, 3.8) is 0 Å². The first-order valence-electron chi connectivity index (χ1n) is 6.87. The molecule has 0 atom stereocenters. The van der Waals surface area contributed by atoms with Gasteiger partial charge in [-0.15, -0.1) is 11.3 Å². The minimum Gasteiger partial charge on any atom is -0.495 e. The summed E-state index contributed by atoms with van der Waals surface area (Å²) in [7, 11) is 1.51. The number of hydrogen-bond donors (Lipinski definition) is 1. The van der Waals surface area contributed by atoms with Crippen LogP contribution in [0.5, 0.6) is 5.75 Å². The highest BCUT2D eigenvalue weighted by molar-refractivity contribution is 7.22. The fraction of sp³-hybridized carbons (Fsp3) is 0.333. The quantitative estimate of drug-likeness (QED) is 0.777. The summed E-state index contributed by atoms with van der Waals surface area (Å²) in [6.07, 6.45) is 0.808. The molecular weight excluding hydrogens is 361 g/mol. The van der Waals surface area contributed by atoms with Gasteiger partial charge in [0.25, 0.3) is 5.91 Å². The first-order chi connectivity index (χ1) is 11.0. The van der Waals surface area contributed by atoms with E-state index in [4.69, 9.17) is 32.7 Å². The maximum atomic E-state index is 12.1. The normalized spacial score (nSPS) is 10.6. The van der Waals surface area contributed by atoms with Crippen LogP contribution in [0.15, 0.2) is 12.1 Å². The van der Waals surface area contributed by atoms with Gasteiger partial charge in [-0.3, -0.25) is 4.79 Å². The maximum absolute atomic E-state index is 12.1. The summed E-state index contributed by atoms with van der Waals surface area (Å²) < 4.78 is 10.8. The van der Waals surface area contributed by atoms with E-state index in [1.165, 1.54) is 7.11 Å². The first kappa shape index (κ1) is 17.8. The minimum atomic E-state index is -0.655. The van der Waals surface area contributed by atoms with Crippen molar-refractivity contribution in [1.29, 1.82) is 0 Å². The smallest absolute Gasteiger partial charge is 0.350 e. The molecule has 1 aromatic carbocycles. The molecule has 1 N–H and O–H groups in total. The number of benzene rings is 1. The maximum Gasteiger partial charge on any atom is 0.350 e. The predicted octanol–water partition coefficient (Wildman–Crippen LogP) is 3.90. The number of methoxy groups -OCH3 is 1. The van der Waals surface area contributed by atoms with Crippen molar-refractivity contribution >= 4 is 56.5 Å². The molecule has 8 heteroatoms. The second kappa shape index (κ2) is 7.86. The minimum absolute atomic E-state index is 0.208. The molecule has 0 spiro atoms. The number of rotatable bonds is 6. The van der Waals surface area contributed by atoms with Crippen LogP contribution in [-0.4, -0.2) is 32.1 Å². The Morgan fingerprint density at radius 2 is 2.00 bits per heavy atom. The van der Waals surface area contributed by atoms with Crippen LogP contribution in [0.2, 0.25) is 10.0 Å². The predicted molar refractivity (Wildman–Crippen MR) is 92.0 cm³/mol. The molecule has 0 aliphatic carbocycles. The van der Waals surface area contributed by atoms with E-state index in [0.29, 0.717) is 27.4 Å². The Bertz CT molecular complexity index is 745. The molecular formula is C15H15Cl2NO4S. The van der Waals surface area contributed by atoms with Gasteiger partial charge < -0.3 is 14.8 Å². The van der Waals surface area contributed by atoms with E-state index >= 15 is 0 Å². The molecule has 5 nitrogen and oxygen atoms in total. The van der Waals surface area contributed by atoms with E-state index in [9.17, 15) is 9.59 Å². The lowest BCUT2D eigenvalue weighted by Gasteiger charge is -2.04. The van der Waals surface area contributed by atoms with Gasteiger partial charge in [0.05, 0.1) is 16.8 Å². The molecule has 0 radical (unpaired) electrons. The van der Waals surface area contributed by atoms with Crippen LogP contribution >= 0.6 is 34.5 Å². The molecule has 0 saturated heterocycles. The number of carbonyl (C=O) groups excluding carboxylic acids is 2. The van der Waals surface area contributed by atoms with Crippen LogP contribution in [0.4, 0.5) is 0 Å². The fourth-order valence-electron chi connectivity index (χ4n) is 1.88. The number of ether oxygens (including phenoxy) is 2. The van der Waals surface area contributed by atoms with Crippen molar-refractivity contribution in [2.45, 2.75) is 13.3 Å². The molecule has 1 amide bonds. The van der Waals surface area contributed by atoms with Gasteiger partial charge in [0.15, 0.2) is 6.61 Å². The number of nitrogens with one attached hydrogen (secondary N) is 1. The van der Waals surface area contributed by atoms with E-state index in [1.807, 2.05) is 6.92 Å². The van der Waals surface area contributed by atoms with E-state index < -0.39 is 5.97 Å². The molecule has 0 aliphatic heterocycles. The van der Waals surface area contributed by atoms with Gasteiger partial charge in [-0.2, -0.15) is 0 Å². The molecule has 23 heavy (non-hydrogen) atoms. The summed E-state index contributed by atoms with van der Waals surface area (Å²) in [5.41, 5.74) is 0. The molecule has 2 aromatic rings. The van der Waals surface area contributed by atoms with Crippen LogP contribution < -0.4 is 10.1 Å². The third kappa shape index (κ3) is 3.88. The molecule has 0 bridgehead atoms. The molecule has 0 saturated carbocycles. The summed E-state index contributed by atoms with van der Waals surface area (Å²) in [6, 6.07) is 3.40. The Morgan fingerprint density at radius 3 is 2.65 bits per heavy atom. The number of amides is 1. The largest absolute Gasteiger partial charge is 0.495 e. The summed E-state index contributed by atoms with van der Waals surface area (Å²) in [5.74, 6) is -0.508. The summed E-state index contributed by atoms with van der Waals surface area (Å²) >= 11 is 13.6. The van der Waals surface area contributed by atoms with Crippen LogP contribution in [0.3, 0.4) is 0 Å². The lowest BCUT2D eigenvalue weighted by Crippen LogP contribution is -2.29. The van der Waals surface area contributed by atoms with Crippen LogP contribution in [0.1, 0.15) is 23.0 Å². The van der Waals surface area contributed by atoms with Gasteiger partial charge in [0.2, 0.25) is 0 Å². The fourth-order valence-corrected chi connectivity index (χ4v) is 3.66. The highest BCUT2D eigenvalue weighted by atomic mass is 35.5. The lowest BCUT2D eigenvalue weighted by atomic mass is 10.2. The average molecular weight is 376 g/mol. The van der Waals surface area contributed by atoms with Crippen LogP contribution in [0.25, 0.3) is 10.1 Å². The zero-order valence-corrected chi connectivity index (χ0v) is 14.9. The molecule has 1 aromatic heterocycles. The summed E-state index contributed by atoms with van der Waals surface area (Å²) in [4.78, 5) is 23.8. The van der Waals surface area contributed by atoms with Gasteiger partial charge in [-0.05, 0) is 18.6 Å². The molecule has 1 heterocycles. The Balaban J connectivity index is 2.19. The van der Waals surface area contributed by atoms with Crippen molar-refractivity contribution in [3.8, 4) is 5.75 Å². The van der Waals surface area contributed by atoms with Gasteiger partial charge >= 0.3 is 5.97 Å². The second-order valence-corrected chi connectivity index (χ2v) is 6.41. The SMILES string of the molecule is CCCNC(=O)COC(=O)c1sc2c(Cl)c(OC)ccc2c1Cl. The van der Waals surface area contributed by atoms with Crippen molar-refractivity contribution < 1.29 is 19.1 Å². The highest BCUT2D eigenvalue weighted by Gasteiger charge is 2.22. The highest BCUT2D eigenvalue weighted by Crippen LogP contribution is 2.43. The Labute approximate surface area is 147 Å². The number of fused-ring (bicyclic) bond motifs is 1. The third-order valence-electron chi connectivity index (χ3n) is 3.01. The summed E-state index contributed by atoms with van der Waals surface area (Å²) in [6.45, 7) is 2.12. The van der Waals surface area contributed by atoms with Gasteiger partial charge in [0, 0.05) is 11.9 Å². The van der Waals surface area contributed by atoms with Gasteiger partial charge in [-0.25, -0.2) is 4.79 Å². The number of esters is 1. The third-order valence-corrected chi connectivity index (χ3v) is 5.21. The Kier molecular flexibility index (Phi) is 6.10. The lowest BCUT2D eigenvalue weighted by molar-refractivity contribution is -0.124. The molecule has 0 fully saturated rings. The van der Waals surface area contributed by atoms with E-state index in [-0.39, 0.29) is 22.4 Å². The molecule has 0 aliphatic rings. The van der Waals surface area contributed by atoms with E-state index in [0.717, 1.165) is 17.8 Å². The van der Waals surface area contributed by atoms with E-state index in [1.54, 1.807) is 12.1 Å². The van der Waals surface area contributed by atoms with Crippen molar-refractivity contribution in [2.75, 3.05) is 20.3 Å². The van der Waals surface area contributed by atoms with E-state index in [2.05, 4.69) is 5.32 Å². The Hall–Kier alpha value is -1.50. The average Bonchev–Trinajstić information content (AvgIpc) is 2.89. The number of halogens is 2. The molecule has 0 unspecified atom stereocenters. The number of carbonyl (C=O) groups is 2. The zero-order chi connectivity index (χ0) is 17.0. The number of thiophene rings is 1. The van der Waals surface area contributed by atoms with Crippen molar-refractivity contribution in [2.24, 2.45) is 0 Å².